The molecule has 20 heavy (non-hydrogen) atoms. The maximum atomic E-state index is 12.9. The van der Waals surface area contributed by atoms with Crippen LogP contribution in [0.25, 0.3) is 0 Å². The van der Waals surface area contributed by atoms with Crippen LogP contribution in [0.1, 0.15) is 45.9 Å². The van der Waals surface area contributed by atoms with Gasteiger partial charge in [-0.3, -0.25) is 4.98 Å². The first kappa shape index (κ1) is 17.1. The van der Waals surface area contributed by atoms with E-state index in [-0.39, 0.29) is 17.8 Å². The monoisotopic (exact) mass is 281 g/mol. The van der Waals surface area contributed by atoms with Crippen LogP contribution in [0, 0.1) is 17.7 Å². The van der Waals surface area contributed by atoms with Crippen LogP contribution < -0.4 is 5.73 Å². The Morgan fingerprint density at radius 3 is 2.45 bits per heavy atom. The molecule has 3 nitrogen and oxygen atoms in total. The number of halogens is 1. The zero-order chi connectivity index (χ0) is 15.1. The Kier molecular flexibility index (Phi) is 7.10. The van der Waals surface area contributed by atoms with Gasteiger partial charge in [-0.1, -0.05) is 34.1 Å². The van der Waals surface area contributed by atoms with Crippen LogP contribution in [0.4, 0.5) is 4.39 Å². The topological polar surface area (TPSA) is 42.1 Å². The molecule has 0 radical (unpaired) electrons. The Hall–Kier alpha value is -1.00. The van der Waals surface area contributed by atoms with E-state index in [9.17, 15) is 4.39 Å². The highest BCUT2D eigenvalue weighted by atomic mass is 19.1. The molecular formula is C16H28FN3. The number of pyridine rings is 1. The van der Waals surface area contributed by atoms with E-state index in [1.165, 1.54) is 18.7 Å². The van der Waals surface area contributed by atoms with Crippen molar-refractivity contribution in [3.8, 4) is 0 Å². The number of hydrogen-bond donors (Lipinski definition) is 1. The van der Waals surface area contributed by atoms with Gasteiger partial charge in [0, 0.05) is 13.1 Å². The van der Waals surface area contributed by atoms with Gasteiger partial charge in [-0.15, -0.1) is 0 Å². The Morgan fingerprint density at radius 1 is 1.25 bits per heavy atom. The fraction of sp³-hybridized carbons (Fsp3) is 0.688. The molecule has 0 fully saturated rings. The summed E-state index contributed by atoms with van der Waals surface area (Å²) in [4.78, 5) is 6.52. The summed E-state index contributed by atoms with van der Waals surface area (Å²) < 4.78 is 12.9. The first-order valence-corrected chi connectivity index (χ1v) is 7.57. The number of nitrogens with two attached hydrogens (primary N) is 1. The van der Waals surface area contributed by atoms with Crippen molar-refractivity contribution in [2.45, 2.75) is 40.2 Å². The van der Waals surface area contributed by atoms with E-state index in [1.807, 2.05) is 0 Å². The SMILES string of the molecule is CCC(C)CN(CC)CC(C)C(N)c1ccc(F)cn1. The number of nitrogens with zero attached hydrogens (tertiary/aromatic N) is 2. The lowest BCUT2D eigenvalue weighted by atomic mass is 9.98. The van der Waals surface area contributed by atoms with E-state index < -0.39 is 0 Å². The van der Waals surface area contributed by atoms with Crippen LogP contribution in [0.3, 0.4) is 0 Å². The van der Waals surface area contributed by atoms with Crippen molar-refractivity contribution < 1.29 is 4.39 Å². The maximum Gasteiger partial charge on any atom is 0.141 e. The molecule has 0 aliphatic rings. The summed E-state index contributed by atoms with van der Waals surface area (Å²) in [6.45, 7) is 11.9. The van der Waals surface area contributed by atoms with Crippen molar-refractivity contribution in [3.63, 3.8) is 0 Å². The molecule has 0 saturated heterocycles. The maximum absolute atomic E-state index is 12.9. The van der Waals surface area contributed by atoms with Gasteiger partial charge >= 0.3 is 0 Å². The third-order valence-electron chi connectivity index (χ3n) is 3.97. The molecule has 114 valence electrons. The molecule has 1 rings (SSSR count). The van der Waals surface area contributed by atoms with Gasteiger partial charge in [0.2, 0.25) is 0 Å². The minimum Gasteiger partial charge on any atom is -0.322 e. The number of rotatable bonds is 8. The smallest absolute Gasteiger partial charge is 0.141 e. The molecule has 0 spiro atoms. The molecule has 2 N–H and O–H groups in total. The Bertz CT molecular complexity index is 380. The molecule has 3 unspecified atom stereocenters. The van der Waals surface area contributed by atoms with Gasteiger partial charge in [0.05, 0.1) is 17.9 Å². The van der Waals surface area contributed by atoms with Crippen molar-refractivity contribution in [1.82, 2.24) is 9.88 Å². The van der Waals surface area contributed by atoms with Crippen LogP contribution in [0.2, 0.25) is 0 Å². The van der Waals surface area contributed by atoms with Gasteiger partial charge in [0.25, 0.3) is 0 Å². The van der Waals surface area contributed by atoms with Crippen molar-refractivity contribution in [3.05, 3.63) is 29.8 Å². The van der Waals surface area contributed by atoms with Gasteiger partial charge in [0.1, 0.15) is 5.82 Å². The Morgan fingerprint density at radius 2 is 1.95 bits per heavy atom. The lowest BCUT2D eigenvalue weighted by Gasteiger charge is -2.29. The highest BCUT2D eigenvalue weighted by Crippen LogP contribution is 2.19. The average molecular weight is 281 g/mol. The van der Waals surface area contributed by atoms with Crippen LogP contribution in [-0.4, -0.2) is 29.5 Å². The normalized spacial score (nSPS) is 16.1. The molecule has 1 heterocycles. The van der Waals surface area contributed by atoms with E-state index in [2.05, 4.69) is 37.6 Å². The second kappa shape index (κ2) is 8.32. The molecular weight excluding hydrogens is 253 g/mol. The molecule has 0 aliphatic heterocycles. The lowest BCUT2D eigenvalue weighted by molar-refractivity contribution is 0.202. The summed E-state index contributed by atoms with van der Waals surface area (Å²) in [5.41, 5.74) is 7.01. The van der Waals surface area contributed by atoms with Crippen LogP contribution >= 0.6 is 0 Å². The second-order valence-corrected chi connectivity index (χ2v) is 5.77. The molecule has 0 aliphatic carbocycles. The third kappa shape index (κ3) is 5.17. The fourth-order valence-electron chi connectivity index (χ4n) is 2.30. The zero-order valence-electron chi connectivity index (χ0n) is 13.1. The summed E-state index contributed by atoms with van der Waals surface area (Å²) in [6, 6.07) is 2.95. The van der Waals surface area contributed by atoms with Gasteiger partial charge in [-0.05, 0) is 30.5 Å². The van der Waals surface area contributed by atoms with E-state index in [1.54, 1.807) is 6.07 Å². The van der Waals surface area contributed by atoms with Crippen LogP contribution in [0.15, 0.2) is 18.3 Å². The minimum absolute atomic E-state index is 0.151. The minimum atomic E-state index is -0.319. The molecule has 1 aromatic heterocycles. The molecule has 0 amide bonds. The molecule has 0 bridgehead atoms. The van der Waals surface area contributed by atoms with Crippen LogP contribution in [-0.2, 0) is 0 Å². The first-order chi connectivity index (χ1) is 9.47. The largest absolute Gasteiger partial charge is 0.322 e. The molecule has 0 aromatic carbocycles. The summed E-state index contributed by atoms with van der Waals surface area (Å²) in [5, 5.41) is 0. The van der Waals surface area contributed by atoms with Crippen LogP contribution in [0.5, 0.6) is 0 Å². The summed E-state index contributed by atoms with van der Waals surface area (Å²) in [5.74, 6) is 0.667. The zero-order valence-corrected chi connectivity index (χ0v) is 13.1. The summed E-state index contributed by atoms with van der Waals surface area (Å²) in [7, 11) is 0. The first-order valence-electron chi connectivity index (χ1n) is 7.57. The average Bonchev–Trinajstić information content (AvgIpc) is 2.46. The van der Waals surface area contributed by atoms with E-state index in [4.69, 9.17) is 5.73 Å². The van der Waals surface area contributed by atoms with Crippen molar-refractivity contribution in [2.75, 3.05) is 19.6 Å². The quantitative estimate of drug-likeness (QED) is 0.795. The number of aromatic nitrogens is 1. The van der Waals surface area contributed by atoms with Gasteiger partial charge < -0.3 is 10.6 Å². The predicted octanol–water partition coefficient (Wildman–Crippen LogP) is 3.22. The van der Waals surface area contributed by atoms with Crippen molar-refractivity contribution in [2.24, 2.45) is 17.6 Å². The molecule has 0 saturated carbocycles. The van der Waals surface area contributed by atoms with E-state index in [0.29, 0.717) is 5.92 Å². The highest BCUT2D eigenvalue weighted by molar-refractivity contribution is 5.10. The fourth-order valence-corrected chi connectivity index (χ4v) is 2.30. The van der Waals surface area contributed by atoms with Gasteiger partial charge in [-0.25, -0.2) is 4.39 Å². The standard InChI is InChI=1S/C16H28FN3/c1-5-12(3)10-20(6-2)11-13(4)16(18)15-8-7-14(17)9-19-15/h7-9,12-13,16H,5-6,10-11,18H2,1-4H3. The van der Waals surface area contributed by atoms with Gasteiger partial charge in [-0.2, -0.15) is 0 Å². The van der Waals surface area contributed by atoms with E-state index in [0.717, 1.165) is 25.3 Å². The summed E-state index contributed by atoms with van der Waals surface area (Å²) >= 11 is 0. The third-order valence-corrected chi connectivity index (χ3v) is 3.97. The Balaban J connectivity index is 2.59. The van der Waals surface area contributed by atoms with E-state index >= 15 is 0 Å². The molecule has 4 heteroatoms. The molecule has 1 aromatic rings. The van der Waals surface area contributed by atoms with Crippen molar-refractivity contribution in [1.29, 1.82) is 0 Å². The summed E-state index contributed by atoms with van der Waals surface area (Å²) in [6.07, 6.45) is 2.43. The number of hydrogen-bond acceptors (Lipinski definition) is 3. The van der Waals surface area contributed by atoms with Crippen molar-refractivity contribution >= 4 is 0 Å². The predicted molar refractivity (Wildman–Crippen MR) is 81.9 cm³/mol. The second-order valence-electron chi connectivity index (χ2n) is 5.77. The Labute approximate surface area is 122 Å². The van der Waals surface area contributed by atoms with Gasteiger partial charge in [0.15, 0.2) is 0 Å². The lowest BCUT2D eigenvalue weighted by Crippen LogP contribution is -2.36. The highest BCUT2D eigenvalue weighted by Gasteiger charge is 2.19. The molecule has 3 atom stereocenters.